The van der Waals surface area contributed by atoms with E-state index in [0.717, 1.165) is 10.7 Å². The number of thiazole rings is 1. The van der Waals surface area contributed by atoms with Crippen molar-refractivity contribution in [2.75, 3.05) is 6.61 Å². The van der Waals surface area contributed by atoms with Gasteiger partial charge in [0.25, 0.3) is 0 Å². The second-order valence-electron chi connectivity index (χ2n) is 5.56. The number of amides is 1. The first-order valence-corrected chi connectivity index (χ1v) is 7.22. The normalized spacial score (nSPS) is 13.7. The van der Waals surface area contributed by atoms with Gasteiger partial charge in [0.1, 0.15) is 0 Å². The van der Waals surface area contributed by atoms with Gasteiger partial charge in [-0.2, -0.15) is 0 Å². The number of hydrogen-bond acceptors (Lipinski definition) is 4. The fourth-order valence-electron chi connectivity index (χ4n) is 1.69. The highest BCUT2D eigenvalue weighted by atomic mass is 32.1. The number of carbonyl (C=O) groups is 1. The monoisotopic (exact) mass is 282 g/mol. The van der Waals surface area contributed by atoms with Crippen LogP contribution in [0.1, 0.15) is 37.9 Å². The molecule has 1 aromatic heterocycles. The molecular weight excluding hydrogens is 260 g/mol. The maximum absolute atomic E-state index is 11.9. The van der Waals surface area contributed by atoms with E-state index in [9.17, 15) is 4.79 Å². The molecule has 1 heterocycles. The van der Waals surface area contributed by atoms with E-state index in [1.54, 1.807) is 17.4 Å². The van der Waals surface area contributed by atoms with E-state index in [-0.39, 0.29) is 24.0 Å². The molecule has 4 nitrogen and oxygen atoms in total. The summed E-state index contributed by atoms with van der Waals surface area (Å²) < 4.78 is 0. The zero-order valence-electron chi connectivity index (χ0n) is 11.9. The quantitative estimate of drug-likeness (QED) is 0.815. The van der Waals surface area contributed by atoms with Crippen LogP contribution in [0.5, 0.6) is 0 Å². The van der Waals surface area contributed by atoms with Gasteiger partial charge in [-0.25, -0.2) is 4.98 Å². The van der Waals surface area contributed by atoms with Gasteiger partial charge in [0, 0.05) is 24.1 Å². The first-order chi connectivity index (χ1) is 8.82. The third kappa shape index (κ3) is 5.53. The molecule has 0 aliphatic rings. The standard InChI is InChI=1S/C14H22N2O2S/c1-10-15-11(9-19-10)5-6-13(18)16-12(7-8-17)14(2,3)4/h5-6,9,12,17H,7-8H2,1-4H3,(H,16,18)/b6-5+. The molecular formula is C14H22N2O2S. The Kier molecular flexibility index (Phi) is 5.69. The number of aryl methyl sites for hydroxylation is 1. The minimum atomic E-state index is -0.154. The number of aliphatic hydroxyl groups is 1. The number of aliphatic hydroxyl groups excluding tert-OH is 1. The molecule has 0 aromatic carbocycles. The number of nitrogens with one attached hydrogen (secondary N) is 1. The van der Waals surface area contributed by atoms with E-state index in [1.807, 2.05) is 33.1 Å². The highest BCUT2D eigenvalue weighted by molar-refractivity contribution is 7.09. The predicted molar refractivity (Wildman–Crippen MR) is 79.0 cm³/mol. The molecule has 0 bridgehead atoms. The van der Waals surface area contributed by atoms with E-state index in [2.05, 4.69) is 10.3 Å². The van der Waals surface area contributed by atoms with Gasteiger partial charge in [0.15, 0.2) is 0 Å². The Labute approximate surface area is 118 Å². The van der Waals surface area contributed by atoms with Crippen LogP contribution in [0.4, 0.5) is 0 Å². The van der Waals surface area contributed by atoms with Crippen molar-refractivity contribution in [2.45, 2.75) is 40.2 Å². The number of rotatable bonds is 5. The van der Waals surface area contributed by atoms with Gasteiger partial charge in [-0.3, -0.25) is 4.79 Å². The molecule has 0 saturated heterocycles. The minimum absolute atomic E-state index is 0.0492. The maximum atomic E-state index is 11.9. The minimum Gasteiger partial charge on any atom is -0.396 e. The largest absolute Gasteiger partial charge is 0.396 e. The van der Waals surface area contributed by atoms with Crippen LogP contribution in [0, 0.1) is 12.3 Å². The first kappa shape index (κ1) is 15.9. The summed E-state index contributed by atoms with van der Waals surface area (Å²) in [7, 11) is 0. The summed E-state index contributed by atoms with van der Waals surface area (Å²) >= 11 is 1.56. The lowest BCUT2D eigenvalue weighted by atomic mass is 9.85. The first-order valence-electron chi connectivity index (χ1n) is 6.34. The Morgan fingerprint density at radius 1 is 1.58 bits per heavy atom. The molecule has 5 heteroatoms. The van der Waals surface area contributed by atoms with Crippen LogP contribution >= 0.6 is 11.3 Å². The van der Waals surface area contributed by atoms with Crippen molar-refractivity contribution in [2.24, 2.45) is 5.41 Å². The summed E-state index contributed by atoms with van der Waals surface area (Å²) in [6.07, 6.45) is 3.75. The van der Waals surface area contributed by atoms with Crippen LogP contribution in [-0.2, 0) is 4.79 Å². The van der Waals surface area contributed by atoms with Crippen molar-refractivity contribution < 1.29 is 9.90 Å². The van der Waals surface area contributed by atoms with Gasteiger partial charge < -0.3 is 10.4 Å². The third-order valence-electron chi connectivity index (χ3n) is 2.82. The van der Waals surface area contributed by atoms with E-state index in [4.69, 9.17) is 5.11 Å². The van der Waals surface area contributed by atoms with Crippen molar-refractivity contribution in [3.8, 4) is 0 Å². The Hall–Kier alpha value is -1.20. The average Bonchev–Trinajstić information content (AvgIpc) is 2.71. The molecule has 0 aliphatic carbocycles. The van der Waals surface area contributed by atoms with E-state index < -0.39 is 0 Å². The Morgan fingerprint density at radius 2 is 2.26 bits per heavy atom. The van der Waals surface area contributed by atoms with Crippen LogP contribution in [0.2, 0.25) is 0 Å². The number of hydrogen-bond donors (Lipinski definition) is 2. The molecule has 1 rings (SSSR count). The molecule has 0 saturated carbocycles. The summed E-state index contributed by atoms with van der Waals surface area (Å²) in [5, 5.41) is 14.9. The molecule has 0 radical (unpaired) electrons. The highest BCUT2D eigenvalue weighted by Crippen LogP contribution is 2.21. The molecule has 0 fully saturated rings. The van der Waals surface area contributed by atoms with Crippen molar-refractivity contribution in [3.05, 3.63) is 22.2 Å². The molecule has 106 valence electrons. The average molecular weight is 282 g/mol. The second kappa shape index (κ2) is 6.82. The molecule has 1 amide bonds. The van der Waals surface area contributed by atoms with Crippen molar-refractivity contribution in [1.82, 2.24) is 10.3 Å². The Balaban J connectivity index is 2.60. The van der Waals surface area contributed by atoms with Gasteiger partial charge in [-0.1, -0.05) is 20.8 Å². The molecule has 2 N–H and O–H groups in total. The lowest BCUT2D eigenvalue weighted by molar-refractivity contribution is -0.118. The lowest BCUT2D eigenvalue weighted by Gasteiger charge is -2.30. The zero-order valence-corrected chi connectivity index (χ0v) is 12.8. The maximum Gasteiger partial charge on any atom is 0.244 e. The number of nitrogens with zero attached hydrogens (tertiary/aromatic N) is 1. The smallest absolute Gasteiger partial charge is 0.244 e. The van der Waals surface area contributed by atoms with Gasteiger partial charge >= 0.3 is 0 Å². The Morgan fingerprint density at radius 3 is 2.74 bits per heavy atom. The van der Waals surface area contributed by atoms with E-state index in [0.29, 0.717) is 6.42 Å². The molecule has 1 atom stereocenters. The summed E-state index contributed by atoms with van der Waals surface area (Å²) in [6, 6.07) is -0.0492. The van der Waals surface area contributed by atoms with Gasteiger partial charge in [0.2, 0.25) is 5.91 Å². The summed E-state index contributed by atoms with van der Waals surface area (Å²) in [4.78, 5) is 16.1. The summed E-state index contributed by atoms with van der Waals surface area (Å²) in [5.74, 6) is -0.154. The molecule has 1 aromatic rings. The lowest BCUT2D eigenvalue weighted by Crippen LogP contribution is -2.43. The fourth-order valence-corrected chi connectivity index (χ4v) is 2.27. The summed E-state index contributed by atoms with van der Waals surface area (Å²) in [5.41, 5.74) is 0.718. The van der Waals surface area contributed by atoms with Gasteiger partial charge in [-0.15, -0.1) is 11.3 Å². The SMILES string of the molecule is Cc1nc(/C=C/C(=O)NC(CCO)C(C)(C)C)cs1. The van der Waals surface area contributed by atoms with Crippen molar-refractivity contribution >= 4 is 23.3 Å². The molecule has 1 unspecified atom stereocenters. The number of carbonyl (C=O) groups excluding carboxylic acids is 1. The van der Waals surface area contributed by atoms with Crippen LogP contribution in [0.25, 0.3) is 6.08 Å². The molecule has 0 aliphatic heterocycles. The third-order valence-corrected chi connectivity index (χ3v) is 3.61. The highest BCUT2D eigenvalue weighted by Gasteiger charge is 2.24. The molecule has 0 spiro atoms. The van der Waals surface area contributed by atoms with Gasteiger partial charge in [-0.05, 0) is 24.8 Å². The van der Waals surface area contributed by atoms with Crippen LogP contribution in [0.3, 0.4) is 0 Å². The fraction of sp³-hybridized carbons (Fsp3) is 0.571. The Bertz CT molecular complexity index is 447. The van der Waals surface area contributed by atoms with Crippen LogP contribution < -0.4 is 5.32 Å². The van der Waals surface area contributed by atoms with Crippen molar-refractivity contribution in [1.29, 1.82) is 0 Å². The predicted octanol–water partition coefficient (Wildman–Crippen LogP) is 2.38. The van der Waals surface area contributed by atoms with E-state index in [1.165, 1.54) is 6.08 Å². The summed E-state index contributed by atoms with van der Waals surface area (Å²) in [6.45, 7) is 8.12. The second-order valence-corrected chi connectivity index (χ2v) is 6.63. The number of aromatic nitrogens is 1. The topological polar surface area (TPSA) is 62.2 Å². The van der Waals surface area contributed by atoms with Gasteiger partial charge in [0.05, 0.1) is 10.7 Å². The van der Waals surface area contributed by atoms with E-state index >= 15 is 0 Å². The van der Waals surface area contributed by atoms with Crippen LogP contribution in [0.15, 0.2) is 11.5 Å². The molecule has 19 heavy (non-hydrogen) atoms. The van der Waals surface area contributed by atoms with Crippen LogP contribution in [-0.4, -0.2) is 28.6 Å². The van der Waals surface area contributed by atoms with Crippen molar-refractivity contribution in [3.63, 3.8) is 0 Å². The zero-order chi connectivity index (χ0) is 14.5.